The first kappa shape index (κ1) is 18.0. The Bertz CT molecular complexity index is 847. The number of fused-ring (bicyclic) bond motifs is 1. The number of anilines is 2. The lowest BCUT2D eigenvalue weighted by Gasteiger charge is -2.31. The highest BCUT2D eigenvalue weighted by atomic mass is 32.1. The predicted molar refractivity (Wildman–Crippen MR) is 107 cm³/mol. The minimum Gasteiger partial charge on any atom is -0.466 e. The zero-order chi connectivity index (χ0) is 18.8. The highest BCUT2D eigenvalue weighted by molar-refractivity contribution is 7.18. The maximum Gasteiger partial charge on any atom is 0.310 e. The molecule has 142 valence electrons. The van der Waals surface area contributed by atoms with E-state index in [0.717, 1.165) is 35.7 Å². The number of carbonyl (C=O) groups excluding carboxylic acids is 2. The van der Waals surface area contributed by atoms with Crippen molar-refractivity contribution in [3.05, 3.63) is 46.8 Å². The molecule has 0 spiro atoms. The Balaban J connectivity index is 1.47. The van der Waals surface area contributed by atoms with Gasteiger partial charge in [0.05, 0.1) is 22.4 Å². The van der Waals surface area contributed by atoms with Gasteiger partial charge < -0.3 is 14.5 Å². The summed E-state index contributed by atoms with van der Waals surface area (Å²) < 4.78 is 5.14. The van der Waals surface area contributed by atoms with Crippen LogP contribution < -0.4 is 4.90 Å². The van der Waals surface area contributed by atoms with Crippen LogP contribution >= 0.6 is 11.3 Å². The van der Waals surface area contributed by atoms with E-state index in [-0.39, 0.29) is 17.8 Å². The number of likely N-dealkylation sites (tertiary alicyclic amines) is 1. The molecule has 1 saturated heterocycles. The van der Waals surface area contributed by atoms with Crippen LogP contribution in [0.2, 0.25) is 0 Å². The Hall–Kier alpha value is -2.34. The lowest BCUT2D eigenvalue weighted by atomic mass is 9.98. The predicted octanol–water partition coefficient (Wildman–Crippen LogP) is 3.86. The lowest BCUT2D eigenvalue weighted by molar-refractivity contribution is -0.149. The number of carbonyl (C=O) groups is 2. The van der Waals surface area contributed by atoms with E-state index in [1.54, 1.807) is 4.90 Å². The minimum atomic E-state index is -0.201. The van der Waals surface area contributed by atoms with Gasteiger partial charge in [0, 0.05) is 25.3 Å². The summed E-state index contributed by atoms with van der Waals surface area (Å²) in [5, 5.41) is 1.10. The zero-order valence-electron chi connectivity index (χ0n) is 15.5. The number of para-hydroxylation sites is 1. The minimum absolute atomic E-state index is 0.0210. The highest BCUT2D eigenvalue weighted by Crippen LogP contribution is 2.38. The second kappa shape index (κ2) is 7.72. The molecular formula is C21H24N2O3S. The second-order valence-corrected chi connectivity index (χ2v) is 8.07. The number of nitrogens with zero attached hydrogens (tertiary/aromatic N) is 2. The third-order valence-corrected chi connectivity index (χ3v) is 6.38. The molecule has 1 aromatic carbocycles. The van der Waals surface area contributed by atoms with Crippen molar-refractivity contribution in [2.75, 3.05) is 31.1 Å². The van der Waals surface area contributed by atoms with Gasteiger partial charge in [-0.05, 0) is 49.9 Å². The summed E-state index contributed by atoms with van der Waals surface area (Å²) in [6.45, 7) is 4.30. The summed E-state index contributed by atoms with van der Waals surface area (Å²) in [6, 6.07) is 12.4. The average Bonchev–Trinajstić information content (AvgIpc) is 3.34. The van der Waals surface area contributed by atoms with E-state index in [9.17, 15) is 9.59 Å². The Morgan fingerprint density at radius 3 is 2.89 bits per heavy atom. The molecule has 6 heteroatoms. The number of ether oxygens (including phenoxy) is 1. The number of thiophene rings is 1. The van der Waals surface area contributed by atoms with E-state index < -0.39 is 0 Å². The fourth-order valence-electron chi connectivity index (χ4n) is 3.92. The Kier molecular flexibility index (Phi) is 5.16. The zero-order valence-corrected chi connectivity index (χ0v) is 16.3. The fraction of sp³-hybridized carbons (Fsp3) is 0.429. The molecule has 1 aromatic heterocycles. The lowest BCUT2D eigenvalue weighted by Crippen LogP contribution is -2.42. The fourth-order valence-corrected chi connectivity index (χ4v) is 4.94. The number of amides is 1. The van der Waals surface area contributed by atoms with Crippen LogP contribution in [-0.4, -0.2) is 43.0 Å². The van der Waals surface area contributed by atoms with Crippen molar-refractivity contribution in [3.63, 3.8) is 0 Å². The second-order valence-electron chi connectivity index (χ2n) is 7.01. The summed E-state index contributed by atoms with van der Waals surface area (Å²) in [7, 11) is 0. The molecule has 0 radical (unpaired) electrons. The smallest absolute Gasteiger partial charge is 0.310 e. The van der Waals surface area contributed by atoms with E-state index in [2.05, 4.69) is 29.2 Å². The van der Waals surface area contributed by atoms with Gasteiger partial charge in [-0.2, -0.15) is 0 Å². The normalized spacial score (nSPS) is 19.1. The Labute approximate surface area is 163 Å². The van der Waals surface area contributed by atoms with Gasteiger partial charge >= 0.3 is 5.97 Å². The number of hydrogen-bond donors (Lipinski definition) is 0. The van der Waals surface area contributed by atoms with Crippen molar-refractivity contribution in [2.45, 2.75) is 26.2 Å². The Morgan fingerprint density at radius 2 is 2.04 bits per heavy atom. The molecule has 27 heavy (non-hydrogen) atoms. The molecule has 1 fully saturated rings. The van der Waals surface area contributed by atoms with Crippen molar-refractivity contribution in [2.24, 2.45) is 5.92 Å². The van der Waals surface area contributed by atoms with Gasteiger partial charge in [0.25, 0.3) is 5.91 Å². The van der Waals surface area contributed by atoms with Crippen LogP contribution in [0.4, 0.5) is 10.7 Å². The maximum absolute atomic E-state index is 13.0. The van der Waals surface area contributed by atoms with Crippen molar-refractivity contribution < 1.29 is 14.3 Å². The van der Waals surface area contributed by atoms with Gasteiger partial charge in [-0.15, -0.1) is 11.3 Å². The number of benzene rings is 1. The highest BCUT2D eigenvalue weighted by Gasteiger charge is 2.31. The van der Waals surface area contributed by atoms with Crippen LogP contribution in [0.5, 0.6) is 0 Å². The third-order valence-electron chi connectivity index (χ3n) is 5.28. The van der Waals surface area contributed by atoms with E-state index in [1.165, 1.54) is 22.6 Å². The van der Waals surface area contributed by atoms with Gasteiger partial charge in [0.2, 0.25) is 0 Å². The van der Waals surface area contributed by atoms with Crippen LogP contribution in [-0.2, 0) is 16.0 Å². The van der Waals surface area contributed by atoms with Crippen molar-refractivity contribution in [1.29, 1.82) is 0 Å². The molecule has 1 amide bonds. The van der Waals surface area contributed by atoms with Crippen LogP contribution in [0, 0.1) is 5.92 Å². The van der Waals surface area contributed by atoms with Crippen LogP contribution in [0.3, 0.4) is 0 Å². The van der Waals surface area contributed by atoms with Gasteiger partial charge in [0.1, 0.15) is 0 Å². The van der Waals surface area contributed by atoms with E-state index in [4.69, 9.17) is 4.74 Å². The van der Waals surface area contributed by atoms with Gasteiger partial charge in [-0.3, -0.25) is 9.59 Å². The SMILES string of the molecule is CCOC(=O)C1CCCN(C(=O)c2ccc(N3CCc4ccccc43)s2)C1. The van der Waals surface area contributed by atoms with Gasteiger partial charge in [0.15, 0.2) is 0 Å². The van der Waals surface area contributed by atoms with E-state index in [0.29, 0.717) is 19.7 Å². The molecule has 0 N–H and O–H groups in total. The average molecular weight is 385 g/mol. The molecule has 2 aromatic rings. The summed E-state index contributed by atoms with van der Waals surface area (Å²) in [4.78, 5) is 29.8. The molecular weight excluding hydrogens is 360 g/mol. The molecule has 0 saturated carbocycles. The maximum atomic E-state index is 13.0. The summed E-state index contributed by atoms with van der Waals surface area (Å²) in [6.07, 6.45) is 2.67. The van der Waals surface area contributed by atoms with Crippen molar-refractivity contribution in [1.82, 2.24) is 4.90 Å². The molecule has 1 unspecified atom stereocenters. The Morgan fingerprint density at radius 1 is 1.19 bits per heavy atom. The van der Waals surface area contributed by atoms with E-state index in [1.807, 2.05) is 19.1 Å². The molecule has 2 aliphatic heterocycles. The number of hydrogen-bond acceptors (Lipinski definition) is 5. The van der Waals surface area contributed by atoms with Crippen LogP contribution in [0.1, 0.15) is 35.0 Å². The molecule has 1 atom stereocenters. The van der Waals surface area contributed by atoms with Crippen LogP contribution in [0.25, 0.3) is 0 Å². The first-order chi connectivity index (χ1) is 13.2. The van der Waals surface area contributed by atoms with Gasteiger partial charge in [-0.1, -0.05) is 18.2 Å². The molecule has 3 heterocycles. The summed E-state index contributed by atoms with van der Waals surface area (Å²) in [5.74, 6) is -0.365. The van der Waals surface area contributed by atoms with Crippen molar-refractivity contribution in [3.8, 4) is 0 Å². The van der Waals surface area contributed by atoms with Crippen molar-refractivity contribution >= 4 is 33.9 Å². The molecule has 4 rings (SSSR count). The number of piperidine rings is 1. The molecule has 5 nitrogen and oxygen atoms in total. The topological polar surface area (TPSA) is 49.9 Å². The number of esters is 1. The van der Waals surface area contributed by atoms with E-state index >= 15 is 0 Å². The standard InChI is InChI=1S/C21H24N2O3S/c1-2-26-21(25)16-7-5-12-22(14-16)20(24)18-9-10-19(27-18)23-13-11-15-6-3-4-8-17(15)23/h3-4,6,8-10,16H,2,5,7,11-14H2,1H3. The number of rotatable bonds is 4. The first-order valence-corrected chi connectivity index (χ1v) is 10.4. The summed E-state index contributed by atoms with van der Waals surface area (Å²) in [5.41, 5.74) is 2.59. The molecule has 0 bridgehead atoms. The quantitative estimate of drug-likeness (QED) is 0.751. The van der Waals surface area contributed by atoms with Gasteiger partial charge in [-0.25, -0.2) is 0 Å². The third kappa shape index (κ3) is 3.58. The molecule has 0 aliphatic carbocycles. The molecule has 2 aliphatic rings. The largest absolute Gasteiger partial charge is 0.466 e. The van der Waals surface area contributed by atoms with Crippen LogP contribution in [0.15, 0.2) is 36.4 Å². The monoisotopic (exact) mass is 384 g/mol. The summed E-state index contributed by atoms with van der Waals surface area (Å²) >= 11 is 1.53. The first-order valence-electron chi connectivity index (χ1n) is 9.58.